The lowest BCUT2D eigenvalue weighted by Crippen LogP contribution is -2.57. The highest BCUT2D eigenvalue weighted by Crippen LogP contribution is 2.51. The Morgan fingerprint density at radius 2 is 2.50 bits per heavy atom. The predicted molar refractivity (Wildman–Crippen MR) is 64.9 cm³/mol. The maximum absolute atomic E-state index is 11.5. The molecule has 7 heteroatoms. The fraction of sp³-hybridized carbons (Fsp3) is 0.545. The molecule has 3 heterocycles. The van der Waals surface area contributed by atoms with Crippen LogP contribution in [0.2, 0.25) is 0 Å². The van der Waals surface area contributed by atoms with Crippen molar-refractivity contribution in [3.8, 4) is 0 Å². The normalized spacial score (nSPS) is 34.3. The van der Waals surface area contributed by atoms with Gasteiger partial charge in [-0.05, 0) is 6.92 Å². The highest BCUT2D eigenvalue weighted by molar-refractivity contribution is 8.01. The molecule has 2 fully saturated rings. The van der Waals surface area contributed by atoms with E-state index in [1.54, 1.807) is 24.3 Å². The number of carbonyl (C=O) groups is 2. The van der Waals surface area contributed by atoms with Gasteiger partial charge in [-0.25, -0.2) is 9.78 Å². The first kappa shape index (κ1) is 11.6. The van der Waals surface area contributed by atoms with Crippen molar-refractivity contribution < 1.29 is 14.7 Å². The van der Waals surface area contributed by atoms with Crippen LogP contribution in [0.4, 0.5) is 0 Å². The lowest BCUT2D eigenvalue weighted by Gasteiger charge is -2.37. The number of aromatic nitrogens is 2. The standard InChI is InChI=1S/C11H13N3O3S/c1-11(5-13-3-2-12-6-13)9(10(16)17)14-7(15)4-8(14)18-11/h2-3,6,8-9H,4-5H2,1H3,(H,16,17)/t8-,9+,11+/m1/s1. The van der Waals surface area contributed by atoms with Crippen molar-refractivity contribution >= 4 is 23.6 Å². The number of nitrogens with zero attached hydrogens (tertiary/aromatic N) is 3. The SMILES string of the molecule is C[C@@]1(Cn2ccnc2)S[C@@H]2CC(=O)N2[C@H]1C(=O)O. The molecule has 1 aromatic heterocycles. The smallest absolute Gasteiger partial charge is 0.327 e. The zero-order valence-electron chi connectivity index (χ0n) is 9.81. The first-order valence-electron chi connectivity index (χ1n) is 5.69. The van der Waals surface area contributed by atoms with Crippen LogP contribution in [0.15, 0.2) is 18.7 Å². The van der Waals surface area contributed by atoms with E-state index in [4.69, 9.17) is 0 Å². The second-order valence-corrected chi connectivity index (χ2v) is 6.58. The number of imidazole rings is 1. The van der Waals surface area contributed by atoms with Crippen LogP contribution in [0.1, 0.15) is 13.3 Å². The summed E-state index contributed by atoms with van der Waals surface area (Å²) in [6.45, 7) is 2.44. The third kappa shape index (κ3) is 1.53. The Morgan fingerprint density at radius 3 is 3.06 bits per heavy atom. The fourth-order valence-electron chi connectivity index (χ4n) is 2.73. The molecule has 96 valence electrons. The molecule has 0 radical (unpaired) electrons. The Bertz CT molecular complexity index is 504. The topological polar surface area (TPSA) is 75.4 Å². The van der Waals surface area contributed by atoms with E-state index in [9.17, 15) is 14.7 Å². The molecular formula is C11H13N3O3S. The van der Waals surface area contributed by atoms with E-state index < -0.39 is 16.8 Å². The maximum Gasteiger partial charge on any atom is 0.327 e. The quantitative estimate of drug-likeness (QED) is 0.802. The van der Waals surface area contributed by atoms with Gasteiger partial charge in [-0.3, -0.25) is 4.79 Å². The molecule has 1 amide bonds. The van der Waals surface area contributed by atoms with E-state index in [0.29, 0.717) is 13.0 Å². The predicted octanol–water partition coefficient (Wildman–Crippen LogP) is 0.400. The number of β-lactam (4-membered cyclic amide) rings is 1. The summed E-state index contributed by atoms with van der Waals surface area (Å²) in [5, 5.41) is 9.41. The zero-order valence-corrected chi connectivity index (χ0v) is 10.6. The van der Waals surface area contributed by atoms with Crippen molar-refractivity contribution in [2.75, 3.05) is 0 Å². The average Bonchev–Trinajstić information content (AvgIpc) is 2.83. The van der Waals surface area contributed by atoms with Crippen LogP contribution in [0.3, 0.4) is 0 Å². The van der Waals surface area contributed by atoms with E-state index in [-0.39, 0.29) is 11.3 Å². The number of hydrogen-bond donors (Lipinski definition) is 1. The molecule has 3 rings (SSSR count). The second kappa shape index (κ2) is 3.74. The Morgan fingerprint density at radius 1 is 1.72 bits per heavy atom. The third-order valence-electron chi connectivity index (χ3n) is 3.50. The van der Waals surface area contributed by atoms with Crippen LogP contribution in [0, 0.1) is 0 Å². The van der Waals surface area contributed by atoms with Crippen molar-refractivity contribution in [2.24, 2.45) is 0 Å². The number of carbonyl (C=O) groups excluding carboxylic acids is 1. The number of fused-ring (bicyclic) bond motifs is 1. The first-order valence-corrected chi connectivity index (χ1v) is 6.57. The molecule has 3 atom stereocenters. The van der Waals surface area contributed by atoms with Crippen LogP contribution >= 0.6 is 11.8 Å². The molecular weight excluding hydrogens is 254 g/mol. The summed E-state index contributed by atoms with van der Waals surface area (Å²) < 4.78 is 1.35. The van der Waals surface area contributed by atoms with Crippen molar-refractivity contribution in [3.63, 3.8) is 0 Å². The maximum atomic E-state index is 11.5. The fourth-order valence-corrected chi connectivity index (χ4v) is 4.49. The number of hydrogen-bond acceptors (Lipinski definition) is 4. The number of carboxylic acid groups (broad SMARTS) is 1. The molecule has 0 aromatic carbocycles. The third-order valence-corrected chi connectivity index (χ3v) is 5.06. The van der Waals surface area contributed by atoms with Gasteiger partial charge < -0.3 is 14.6 Å². The summed E-state index contributed by atoms with van der Waals surface area (Å²) >= 11 is 1.58. The van der Waals surface area contributed by atoms with Crippen LogP contribution in [0.5, 0.6) is 0 Å². The van der Waals surface area contributed by atoms with Gasteiger partial charge in [0, 0.05) is 18.9 Å². The molecule has 6 nitrogen and oxygen atoms in total. The Hall–Kier alpha value is -1.50. The van der Waals surface area contributed by atoms with Crippen LogP contribution in [0.25, 0.3) is 0 Å². The van der Waals surface area contributed by atoms with Crippen molar-refractivity contribution in [1.82, 2.24) is 14.5 Å². The first-order chi connectivity index (χ1) is 8.51. The number of rotatable bonds is 3. The average molecular weight is 267 g/mol. The molecule has 2 aliphatic rings. The van der Waals surface area contributed by atoms with E-state index in [0.717, 1.165) is 0 Å². The van der Waals surface area contributed by atoms with Crippen molar-refractivity contribution in [2.45, 2.75) is 36.1 Å². The summed E-state index contributed by atoms with van der Waals surface area (Å²) in [6, 6.07) is -0.754. The monoisotopic (exact) mass is 267 g/mol. The largest absolute Gasteiger partial charge is 0.480 e. The Balaban J connectivity index is 1.90. The zero-order chi connectivity index (χ0) is 12.9. The summed E-state index contributed by atoms with van der Waals surface area (Å²) in [6.07, 6.45) is 5.59. The number of amides is 1. The number of thioether (sulfide) groups is 1. The second-order valence-electron chi connectivity index (χ2n) is 4.87. The van der Waals surface area contributed by atoms with Gasteiger partial charge in [-0.1, -0.05) is 0 Å². The van der Waals surface area contributed by atoms with E-state index in [1.165, 1.54) is 4.90 Å². The van der Waals surface area contributed by atoms with Gasteiger partial charge in [0.25, 0.3) is 0 Å². The lowest BCUT2D eigenvalue weighted by atomic mass is 9.96. The lowest BCUT2D eigenvalue weighted by molar-refractivity contribution is -0.157. The highest BCUT2D eigenvalue weighted by atomic mass is 32.2. The molecule has 2 saturated heterocycles. The molecule has 0 saturated carbocycles. The van der Waals surface area contributed by atoms with E-state index >= 15 is 0 Å². The summed E-state index contributed by atoms with van der Waals surface area (Å²) in [5.74, 6) is -0.991. The Labute approximate surface area is 108 Å². The Kier molecular flexibility index (Phi) is 2.41. The molecule has 1 aromatic rings. The minimum atomic E-state index is -0.930. The van der Waals surface area contributed by atoms with Crippen LogP contribution in [-0.2, 0) is 16.1 Å². The molecule has 2 aliphatic heterocycles. The summed E-state index contributed by atoms with van der Waals surface area (Å²) in [4.78, 5) is 28.5. The van der Waals surface area contributed by atoms with Gasteiger partial charge in [0.1, 0.15) is 6.04 Å². The summed E-state index contributed by atoms with van der Waals surface area (Å²) in [7, 11) is 0. The minimum Gasteiger partial charge on any atom is -0.480 e. The molecule has 1 N–H and O–H groups in total. The molecule has 0 unspecified atom stereocenters. The van der Waals surface area contributed by atoms with Crippen LogP contribution < -0.4 is 0 Å². The van der Waals surface area contributed by atoms with Gasteiger partial charge in [0.05, 0.1) is 22.9 Å². The number of aliphatic carboxylic acids is 1. The van der Waals surface area contributed by atoms with Gasteiger partial charge in [0.15, 0.2) is 0 Å². The van der Waals surface area contributed by atoms with Crippen LogP contribution in [-0.4, -0.2) is 47.6 Å². The summed E-state index contributed by atoms with van der Waals surface area (Å²) in [5.41, 5.74) is 0. The number of carboxylic acids is 1. The van der Waals surface area contributed by atoms with Gasteiger partial charge >= 0.3 is 5.97 Å². The molecule has 18 heavy (non-hydrogen) atoms. The van der Waals surface area contributed by atoms with E-state index in [2.05, 4.69) is 4.98 Å². The van der Waals surface area contributed by atoms with E-state index in [1.807, 2.05) is 17.7 Å². The van der Waals surface area contributed by atoms with Gasteiger partial charge in [-0.15, -0.1) is 11.8 Å². The van der Waals surface area contributed by atoms with Crippen molar-refractivity contribution in [3.05, 3.63) is 18.7 Å². The molecule has 0 bridgehead atoms. The molecule has 0 spiro atoms. The van der Waals surface area contributed by atoms with Gasteiger partial charge in [0.2, 0.25) is 5.91 Å². The molecule has 0 aliphatic carbocycles. The highest BCUT2D eigenvalue weighted by Gasteiger charge is 2.60. The van der Waals surface area contributed by atoms with Crippen molar-refractivity contribution in [1.29, 1.82) is 0 Å². The van der Waals surface area contributed by atoms with Gasteiger partial charge in [-0.2, -0.15) is 0 Å². The minimum absolute atomic E-state index is 0.0205.